The second-order valence-electron chi connectivity index (χ2n) is 3.74. The van der Waals surface area contributed by atoms with Crippen molar-refractivity contribution < 1.29 is 9.53 Å². The second-order valence-corrected chi connectivity index (χ2v) is 3.74. The molecule has 2 nitrogen and oxygen atoms in total. The molecule has 0 aliphatic rings. The van der Waals surface area contributed by atoms with Gasteiger partial charge in [-0.05, 0) is 26.7 Å². The minimum Gasteiger partial charge on any atom is -0.462 e. The van der Waals surface area contributed by atoms with E-state index in [1.54, 1.807) is 0 Å². The van der Waals surface area contributed by atoms with E-state index in [1.165, 1.54) is 0 Å². The lowest BCUT2D eigenvalue weighted by molar-refractivity contribution is -0.138. The van der Waals surface area contributed by atoms with Gasteiger partial charge in [0.25, 0.3) is 0 Å². The van der Waals surface area contributed by atoms with Gasteiger partial charge in [-0.1, -0.05) is 31.6 Å². The summed E-state index contributed by atoms with van der Waals surface area (Å²) in [6.07, 6.45) is 3.84. The van der Waals surface area contributed by atoms with Crippen molar-refractivity contribution in [2.24, 2.45) is 5.92 Å². The number of carbonyl (C=O) groups excluding carboxylic acids is 1. The first kappa shape index (κ1) is 12.9. The normalized spacial score (nSPS) is 10.7. The van der Waals surface area contributed by atoms with Gasteiger partial charge < -0.3 is 4.74 Å². The summed E-state index contributed by atoms with van der Waals surface area (Å²) in [5.74, 6) is 0.211. The van der Waals surface area contributed by atoms with Crippen LogP contribution in [0.4, 0.5) is 0 Å². The van der Waals surface area contributed by atoms with Crippen LogP contribution < -0.4 is 0 Å². The van der Waals surface area contributed by atoms with Crippen molar-refractivity contribution in [3.63, 3.8) is 0 Å². The minimum absolute atomic E-state index is 0.232. The van der Waals surface area contributed by atoms with Gasteiger partial charge in [0, 0.05) is 0 Å². The molecule has 0 aromatic carbocycles. The number of rotatable bonds is 4. The molecule has 80 valence electrons. The largest absolute Gasteiger partial charge is 0.462 e. The van der Waals surface area contributed by atoms with Crippen LogP contribution in [-0.4, -0.2) is 12.6 Å². The predicted molar refractivity (Wildman–Crippen MR) is 59.0 cm³/mol. The van der Waals surface area contributed by atoms with Crippen molar-refractivity contribution in [3.8, 4) is 0 Å². The third-order valence-corrected chi connectivity index (χ3v) is 1.68. The molecule has 0 saturated carbocycles. The summed E-state index contributed by atoms with van der Waals surface area (Å²) in [5.41, 5.74) is 1.65. The number of allylic oxidation sites excluding steroid dienone is 2. The fourth-order valence-electron chi connectivity index (χ4n) is 0.936. The smallest absolute Gasteiger partial charge is 0.338 e. The molecule has 2 heteroatoms. The van der Waals surface area contributed by atoms with Crippen LogP contribution in [0.2, 0.25) is 0 Å². The quantitative estimate of drug-likeness (QED) is 0.392. The second kappa shape index (κ2) is 6.41. The molecule has 0 aliphatic heterocycles. The molecule has 0 atom stereocenters. The molecule has 0 saturated heterocycles. The molecule has 0 aromatic heterocycles. The van der Waals surface area contributed by atoms with E-state index in [9.17, 15) is 4.79 Å². The maximum atomic E-state index is 11.5. The number of carbonyl (C=O) groups is 1. The molecule has 0 heterocycles. The van der Waals surface area contributed by atoms with Crippen LogP contribution >= 0.6 is 0 Å². The van der Waals surface area contributed by atoms with Gasteiger partial charge in [0.05, 0.1) is 12.2 Å². The van der Waals surface area contributed by atoms with Gasteiger partial charge >= 0.3 is 5.97 Å². The van der Waals surface area contributed by atoms with Gasteiger partial charge in [-0.2, -0.15) is 0 Å². The molecule has 0 radical (unpaired) electrons. The highest BCUT2D eigenvalue weighted by atomic mass is 16.5. The summed E-state index contributed by atoms with van der Waals surface area (Å²) in [6, 6.07) is 0. The first-order valence-electron chi connectivity index (χ1n) is 5.01. The number of esters is 1. The third kappa shape index (κ3) is 4.85. The molecule has 0 N–H and O–H groups in total. The zero-order valence-electron chi connectivity index (χ0n) is 9.76. The Morgan fingerprint density at radius 1 is 1.36 bits per heavy atom. The topological polar surface area (TPSA) is 26.3 Å². The maximum Gasteiger partial charge on any atom is 0.338 e. The molecule has 0 spiro atoms. The zero-order valence-corrected chi connectivity index (χ0v) is 9.76. The molecule has 0 unspecified atom stereocenters. The van der Waals surface area contributed by atoms with Crippen molar-refractivity contribution in [1.82, 2.24) is 0 Å². The molecule has 0 fully saturated rings. The monoisotopic (exact) mass is 196 g/mol. The van der Waals surface area contributed by atoms with E-state index in [-0.39, 0.29) is 5.97 Å². The number of hydrogen-bond donors (Lipinski definition) is 0. The fourth-order valence-corrected chi connectivity index (χ4v) is 0.936. The van der Waals surface area contributed by atoms with Gasteiger partial charge in [0.2, 0.25) is 0 Å². The molecular weight excluding hydrogens is 176 g/mol. The Morgan fingerprint density at radius 2 is 1.93 bits per heavy atom. The van der Waals surface area contributed by atoms with E-state index in [0.717, 1.165) is 5.57 Å². The SMILES string of the molecule is CCOC(=O)C(C=CC(C)C)=C(C)C. The molecule has 14 heavy (non-hydrogen) atoms. The summed E-state index contributed by atoms with van der Waals surface area (Å²) in [7, 11) is 0. The highest BCUT2D eigenvalue weighted by Crippen LogP contribution is 2.09. The first-order chi connectivity index (χ1) is 6.49. The van der Waals surface area contributed by atoms with Crippen LogP contribution in [0.15, 0.2) is 23.3 Å². The van der Waals surface area contributed by atoms with Gasteiger partial charge in [-0.15, -0.1) is 0 Å². The van der Waals surface area contributed by atoms with E-state index in [2.05, 4.69) is 13.8 Å². The van der Waals surface area contributed by atoms with Crippen molar-refractivity contribution in [2.45, 2.75) is 34.6 Å². The van der Waals surface area contributed by atoms with E-state index in [4.69, 9.17) is 4.74 Å². The molecule has 0 aromatic rings. The Labute approximate surface area is 86.6 Å². The van der Waals surface area contributed by atoms with Crippen LogP contribution in [0.3, 0.4) is 0 Å². The lowest BCUT2D eigenvalue weighted by Crippen LogP contribution is -2.07. The Morgan fingerprint density at radius 3 is 2.29 bits per heavy atom. The zero-order chi connectivity index (χ0) is 11.1. The highest BCUT2D eigenvalue weighted by molar-refractivity contribution is 5.92. The first-order valence-corrected chi connectivity index (χ1v) is 5.01. The minimum atomic E-state index is -0.232. The van der Waals surface area contributed by atoms with Crippen LogP contribution in [0, 0.1) is 5.92 Å². The molecule has 0 rings (SSSR count). The molecular formula is C12H20O2. The molecule has 0 amide bonds. The van der Waals surface area contributed by atoms with Crippen LogP contribution in [-0.2, 0) is 9.53 Å². The summed E-state index contributed by atoms with van der Waals surface area (Å²) >= 11 is 0. The lowest BCUT2D eigenvalue weighted by Gasteiger charge is -2.05. The summed E-state index contributed by atoms with van der Waals surface area (Å²) < 4.78 is 4.95. The Bertz CT molecular complexity index is 243. The summed E-state index contributed by atoms with van der Waals surface area (Å²) in [5, 5.41) is 0. The number of ether oxygens (including phenoxy) is 1. The molecule has 0 aliphatic carbocycles. The van der Waals surface area contributed by atoms with Gasteiger partial charge in [-0.25, -0.2) is 4.79 Å². The van der Waals surface area contributed by atoms with E-state index in [0.29, 0.717) is 18.1 Å². The Hall–Kier alpha value is -1.05. The van der Waals surface area contributed by atoms with Crippen LogP contribution in [0.1, 0.15) is 34.6 Å². The van der Waals surface area contributed by atoms with Gasteiger partial charge in [0.1, 0.15) is 0 Å². The van der Waals surface area contributed by atoms with Crippen LogP contribution in [0.5, 0.6) is 0 Å². The fraction of sp³-hybridized carbons (Fsp3) is 0.583. The van der Waals surface area contributed by atoms with Gasteiger partial charge in [-0.3, -0.25) is 0 Å². The van der Waals surface area contributed by atoms with Crippen molar-refractivity contribution >= 4 is 5.97 Å². The standard InChI is InChI=1S/C12H20O2/c1-6-14-12(13)11(10(4)5)8-7-9(2)3/h7-9H,6H2,1-5H3. The Balaban J connectivity index is 4.64. The summed E-state index contributed by atoms with van der Waals surface area (Å²) in [6.45, 7) is 10.2. The van der Waals surface area contributed by atoms with E-state index in [1.807, 2.05) is 32.9 Å². The average molecular weight is 196 g/mol. The van der Waals surface area contributed by atoms with Gasteiger partial charge in [0.15, 0.2) is 0 Å². The molecule has 0 bridgehead atoms. The predicted octanol–water partition coefficient (Wildman–Crippen LogP) is 3.10. The highest BCUT2D eigenvalue weighted by Gasteiger charge is 2.08. The Kier molecular flexibility index (Phi) is 5.93. The summed E-state index contributed by atoms with van der Waals surface area (Å²) in [4.78, 5) is 11.5. The third-order valence-electron chi connectivity index (χ3n) is 1.68. The van der Waals surface area contributed by atoms with E-state index < -0.39 is 0 Å². The number of hydrogen-bond acceptors (Lipinski definition) is 2. The van der Waals surface area contributed by atoms with Crippen molar-refractivity contribution in [1.29, 1.82) is 0 Å². The average Bonchev–Trinajstić information content (AvgIpc) is 2.03. The van der Waals surface area contributed by atoms with Crippen molar-refractivity contribution in [3.05, 3.63) is 23.3 Å². The van der Waals surface area contributed by atoms with E-state index >= 15 is 0 Å². The maximum absolute atomic E-state index is 11.5. The van der Waals surface area contributed by atoms with Crippen LogP contribution in [0.25, 0.3) is 0 Å². The lowest BCUT2D eigenvalue weighted by atomic mass is 10.1. The van der Waals surface area contributed by atoms with Crippen molar-refractivity contribution in [2.75, 3.05) is 6.61 Å².